The van der Waals surface area contributed by atoms with Crippen molar-refractivity contribution in [3.63, 3.8) is 0 Å². The van der Waals surface area contributed by atoms with Crippen LogP contribution in [-0.4, -0.2) is 45.8 Å². The van der Waals surface area contributed by atoms with Crippen molar-refractivity contribution in [1.82, 2.24) is 10.9 Å². The van der Waals surface area contributed by atoms with E-state index in [0.717, 1.165) is 11.1 Å². The fourth-order valence-electron chi connectivity index (χ4n) is 2.51. The zero-order valence-corrected chi connectivity index (χ0v) is 18.2. The minimum atomic E-state index is -3.48. The largest absolute Gasteiger partial charge is 0.481 e. The lowest BCUT2D eigenvalue weighted by molar-refractivity contribution is -0.128. The van der Waals surface area contributed by atoms with Crippen LogP contribution in [0.2, 0.25) is 0 Å². The molecule has 8 nitrogen and oxygen atoms in total. The Bertz CT molecular complexity index is 1000. The molecule has 0 heterocycles. The molecule has 1 unspecified atom stereocenters. The number of amides is 2. The van der Waals surface area contributed by atoms with Crippen LogP contribution in [0, 0.1) is 13.8 Å². The number of sulfone groups is 1. The van der Waals surface area contributed by atoms with Crippen molar-refractivity contribution in [3.8, 4) is 5.75 Å². The van der Waals surface area contributed by atoms with Crippen molar-refractivity contribution in [2.24, 2.45) is 0 Å². The van der Waals surface area contributed by atoms with Crippen LogP contribution in [0.3, 0.4) is 0 Å². The minimum Gasteiger partial charge on any atom is -0.481 e. The molecule has 2 rings (SSSR count). The lowest BCUT2D eigenvalue weighted by Gasteiger charge is -2.17. The molecule has 0 bridgehead atoms. The lowest BCUT2D eigenvalue weighted by Crippen LogP contribution is -2.47. The summed E-state index contributed by atoms with van der Waals surface area (Å²) >= 11 is 0. The van der Waals surface area contributed by atoms with Gasteiger partial charge in [0.2, 0.25) is 0 Å². The van der Waals surface area contributed by atoms with Crippen molar-refractivity contribution >= 4 is 21.7 Å². The van der Waals surface area contributed by atoms with Crippen molar-refractivity contribution < 1.29 is 27.5 Å². The maximum Gasteiger partial charge on any atom is 0.279 e. The number of carbonyl (C=O) groups is 2. The van der Waals surface area contributed by atoms with E-state index < -0.39 is 27.8 Å². The maximum atomic E-state index is 12.2. The molecule has 0 saturated heterocycles. The Morgan fingerprint density at radius 2 is 1.70 bits per heavy atom. The molecule has 2 aromatic carbocycles. The highest BCUT2D eigenvalue weighted by Crippen LogP contribution is 2.21. The smallest absolute Gasteiger partial charge is 0.279 e. The third-order valence-electron chi connectivity index (χ3n) is 4.56. The number of hydrogen-bond acceptors (Lipinski definition) is 6. The molecule has 2 N–H and O–H groups in total. The van der Waals surface area contributed by atoms with E-state index in [-0.39, 0.29) is 22.8 Å². The van der Waals surface area contributed by atoms with Gasteiger partial charge >= 0.3 is 0 Å². The van der Waals surface area contributed by atoms with E-state index in [0.29, 0.717) is 5.75 Å². The van der Waals surface area contributed by atoms with Gasteiger partial charge in [-0.3, -0.25) is 20.4 Å². The van der Waals surface area contributed by atoms with E-state index in [1.807, 2.05) is 26.0 Å². The van der Waals surface area contributed by atoms with Crippen LogP contribution in [0.4, 0.5) is 0 Å². The van der Waals surface area contributed by atoms with Gasteiger partial charge in [-0.15, -0.1) is 0 Å². The number of rotatable bonds is 8. The van der Waals surface area contributed by atoms with Crippen LogP contribution in [-0.2, 0) is 19.4 Å². The molecule has 2 amide bonds. The van der Waals surface area contributed by atoms with Crippen LogP contribution >= 0.6 is 0 Å². The molecule has 0 saturated carbocycles. The van der Waals surface area contributed by atoms with Gasteiger partial charge in [-0.2, -0.15) is 0 Å². The van der Waals surface area contributed by atoms with Gasteiger partial charge in [0.15, 0.2) is 15.9 Å². The first kappa shape index (κ1) is 23.4. The summed E-state index contributed by atoms with van der Waals surface area (Å²) < 4.78 is 34.7. The molecule has 0 fully saturated rings. The van der Waals surface area contributed by atoms with E-state index in [4.69, 9.17) is 9.47 Å². The van der Waals surface area contributed by atoms with Gasteiger partial charge in [-0.25, -0.2) is 8.42 Å². The number of carbonyl (C=O) groups excluding carboxylic acids is 2. The molecule has 0 spiro atoms. The molecule has 0 aliphatic heterocycles. The molecule has 0 aliphatic rings. The maximum absolute atomic E-state index is 12.2. The molecular formula is C21H26N2O6S. The van der Waals surface area contributed by atoms with Crippen LogP contribution < -0.4 is 15.6 Å². The average molecular weight is 435 g/mol. The van der Waals surface area contributed by atoms with Gasteiger partial charge in [0.1, 0.15) is 5.75 Å². The van der Waals surface area contributed by atoms with Gasteiger partial charge in [-0.05, 0) is 62.2 Å². The third-order valence-corrected chi connectivity index (χ3v) is 6.25. The Kier molecular flexibility index (Phi) is 7.96. The first-order chi connectivity index (χ1) is 14.2. The summed E-state index contributed by atoms with van der Waals surface area (Å²) in [4.78, 5) is 24.5. The Morgan fingerprint density at radius 3 is 2.33 bits per heavy atom. The second-order valence-corrected chi connectivity index (χ2v) is 8.85. The number of aryl methyl sites for hydroxylation is 1. The fourth-order valence-corrected chi connectivity index (χ4v) is 3.69. The van der Waals surface area contributed by atoms with Gasteiger partial charge in [0, 0.05) is 12.7 Å². The third kappa shape index (κ3) is 6.04. The van der Waals surface area contributed by atoms with Gasteiger partial charge in [0.05, 0.1) is 17.3 Å². The highest BCUT2D eigenvalue weighted by atomic mass is 32.2. The molecule has 1 atom stereocenters. The molecule has 30 heavy (non-hydrogen) atoms. The molecule has 9 heteroatoms. The normalized spacial score (nSPS) is 12.1. The lowest BCUT2D eigenvalue weighted by atomic mass is 10.1. The van der Waals surface area contributed by atoms with E-state index in [1.54, 1.807) is 13.0 Å². The van der Waals surface area contributed by atoms with Crippen LogP contribution in [0.25, 0.3) is 0 Å². The van der Waals surface area contributed by atoms with Crippen molar-refractivity contribution in [3.05, 3.63) is 59.2 Å². The van der Waals surface area contributed by atoms with Crippen molar-refractivity contribution in [2.75, 3.05) is 19.5 Å². The Balaban J connectivity index is 1.93. The number of methoxy groups -OCH3 is 1. The number of benzene rings is 2. The van der Waals surface area contributed by atoms with E-state index in [9.17, 15) is 18.0 Å². The quantitative estimate of drug-likeness (QED) is 0.615. The SMILES string of the molecule is COCCS(=O)(=O)c1ccc(C(=O)NNC(=O)C(C)Oc2cccc(C)c2C)cc1. The molecule has 162 valence electrons. The summed E-state index contributed by atoms with van der Waals surface area (Å²) in [5, 5.41) is 0. The standard InChI is InChI=1S/C21H26N2O6S/c1-14-6-5-7-19(15(14)2)29-16(3)20(24)22-23-21(25)17-8-10-18(11-9-17)30(26,27)13-12-28-4/h5-11,16H,12-13H2,1-4H3,(H,22,24)(H,23,25). The topological polar surface area (TPSA) is 111 Å². The van der Waals surface area contributed by atoms with E-state index in [1.165, 1.54) is 31.4 Å². The van der Waals surface area contributed by atoms with Gasteiger partial charge in [-0.1, -0.05) is 12.1 Å². The summed E-state index contributed by atoms with van der Waals surface area (Å²) in [6.45, 7) is 5.50. The summed E-state index contributed by atoms with van der Waals surface area (Å²) in [5.74, 6) is -0.663. The molecule has 0 radical (unpaired) electrons. The van der Waals surface area contributed by atoms with Gasteiger partial charge in [0.25, 0.3) is 11.8 Å². The van der Waals surface area contributed by atoms with E-state index in [2.05, 4.69) is 10.9 Å². The predicted molar refractivity (Wildman–Crippen MR) is 112 cm³/mol. The van der Waals surface area contributed by atoms with Crippen LogP contribution in [0.15, 0.2) is 47.4 Å². The number of hydrazine groups is 1. The predicted octanol–water partition coefficient (Wildman–Crippen LogP) is 1.95. The van der Waals surface area contributed by atoms with Crippen LogP contribution in [0.1, 0.15) is 28.4 Å². The molecule has 0 aromatic heterocycles. The highest BCUT2D eigenvalue weighted by Gasteiger charge is 2.18. The van der Waals surface area contributed by atoms with Gasteiger partial charge < -0.3 is 9.47 Å². The number of nitrogens with one attached hydrogen (secondary N) is 2. The van der Waals surface area contributed by atoms with Crippen LogP contribution in [0.5, 0.6) is 5.75 Å². The Labute approximate surface area is 176 Å². The Morgan fingerprint density at radius 1 is 1.03 bits per heavy atom. The highest BCUT2D eigenvalue weighted by molar-refractivity contribution is 7.91. The summed E-state index contributed by atoms with van der Waals surface area (Å²) in [7, 11) is -2.06. The van der Waals surface area contributed by atoms with Crippen molar-refractivity contribution in [1.29, 1.82) is 0 Å². The van der Waals surface area contributed by atoms with Crippen molar-refractivity contribution in [2.45, 2.75) is 31.8 Å². The molecular weight excluding hydrogens is 408 g/mol. The summed E-state index contributed by atoms with van der Waals surface area (Å²) in [6.07, 6.45) is -0.834. The number of hydrogen-bond donors (Lipinski definition) is 2. The first-order valence-corrected chi connectivity index (χ1v) is 11.0. The summed E-state index contributed by atoms with van der Waals surface area (Å²) in [5.41, 5.74) is 6.78. The zero-order valence-electron chi connectivity index (χ0n) is 17.4. The minimum absolute atomic E-state index is 0.0823. The summed E-state index contributed by atoms with van der Waals surface area (Å²) in [6, 6.07) is 11.0. The Hall–Kier alpha value is -2.91. The first-order valence-electron chi connectivity index (χ1n) is 9.30. The zero-order chi connectivity index (χ0) is 22.3. The second-order valence-electron chi connectivity index (χ2n) is 6.74. The number of ether oxygens (including phenoxy) is 2. The molecule has 0 aliphatic carbocycles. The van der Waals surface area contributed by atoms with E-state index >= 15 is 0 Å². The fraction of sp³-hybridized carbons (Fsp3) is 0.333. The molecule has 2 aromatic rings. The monoisotopic (exact) mass is 434 g/mol. The second kappa shape index (κ2) is 10.2. The average Bonchev–Trinajstić information content (AvgIpc) is 2.73.